The number of carbonyl (C=O) groups is 1. The molecule has 1 amide bonds. The summed E-state index contributed by atoms with van der Waals surface area (Å²) >= 11 is 0. The van der Waals surface area contributed by atoms with Crippen molar-refractivity contribution in [3.63, 3.8) is 0 Å². The zero-order chi connectivity index (χ0) is 20.3. The normalized spacial score (nSPS) is 15.6. The lowest BCUT2D eigenvalue weighted by molar-refractivity contribution is 0.0185. The molecule has 3 rings (SSSR count). The first-order chi connectivity index (χ1) is 13.3. The number of aliphatic hydroxyl groups is 1. The molecule has 0 aromatic carbocycles. The van der Waals surface area contributed by atoms with Crippen LogP contribution in [0.5, 0.6) is 0 Å². The largest absolute Gasteiger partial charge is 0.444 e. The molecule has 28 heavy (non-hydrogen) atoms. The van der Waals surface area contributed by atoms with Gasteiger partial charge in [-0.3, -0.25) is 9.48 Å². The van der Waals surface area contributed by atoms with Crippen LogP contribution in [-0.2, 0) is 11.3 Å². The van der Waals surface area contributed by atoms with Crippen molar-refractivity contribution in [1.29, 1.82) is 0 Å². The van der Waals surface area contributed by atoms with E-state index < -0.39 is 5.60 Å². The lowest BCUT2D eigenvalue weighted by atomic mass is 10.1. The molecule has 1 aliphatic heterocycles. The first-order valence-electron chi connectivity index (χ1n) is 9.48. The summed E-state index contributed by atoms with van der Waals surface area (Å²) in [5, 5.41) is 17.8. The van der Waals surface area contributed by atoms with Gasteiger partial charge in [0.1, 0.15) is 5.60 Å². The Morgan fingerprint density at radius 1 is 1.29 bits per heavy atom. The molecule has 1 fully saturated rings. The van der Waals surface area contributed by atoms with Crippen LogP contribution in [0, 0.1) is 0 Å². The number of aromatic nitrogens is 4. The van der Waals surface area contributed by atoms with Gasteiger partial charge in [-0.15, -0.1) is 0 Å². The summed E-state index contributed by atoms with van der Waals surface area (Å²) in [6, 6.07) is 3.29. The zero-order valence-electron chi connectivity index (χ0n) is 16.5. The molecule has 9 nitrogen and oxygen atoms in total. The van der Waals surface area contributed by atoms with Gasteiger partial charge in [0.2, 0.25) is 0 Å². The van der Waals surface area contributed by atoms with Crippen molar-refractivity contribution in [3.8, 4) is 11.3 Å². The lowest BCUT2D eigenvalue weighted by Crippen LogP contribution is -2.42. The molecule has 0 aliphatic carbocycles. The third-order valence-corrected chi connectivity index (χ3v) is 4.57. The van der Waals surface area contributed by atoms with Gasteiger partial charge >= 0.3 is 6.09 Å². The fraction of sp³-hybridized carbons (Fsp3) is 0.579. The van der Waals surface area contributed by atoms with Gasteiger partial charge in [-0.2, -0.15) is 10.2 Å². The minimum atomic E-state index is -0.496. The molecule has 3 heterocycles. The molecule has 1 N–H and O–H groups in total. The highest BCUT2D eigenvalue weighted by molar-refractivity contribution is 5.68. The Bertz CT molecular complexity index is 875. The van der Waals surface area contributed by atoms with Crippen LogP contribution < -0.4 is 5.56 Å². The molecule has 1 aliphatic rings. The number of piperidine rings is 1. The number of likely N-dealkylation sites (tertiary alicyclic amines) is 1. The molecule has 9 heteroatoms. The monoisotopic (exact) mass is 389 g/mol. The SMILES string of the molecule is CC(C)(C)OC(=O)N1CCC(n2cc(-c3ccc(=O)n(CCO)n3)cn2)CC1. The summed E-state index contributed by atoms with van der Waals surface area (Å²) in [5.41, 5.74) is 0.691. The quantitative estimate of drug-likeness (QED) is 0.853. The van der Waals surface area contributed by atoms with E-state index >= 15 is 0 Å². The molecular formula is C19H27N5O4. The number of hydrogen-bond acceptors (Lipinski definition) is 6. The first-order valence-corrected chi connectivity index (χ1v) is 9.48. The van der Waals surface area contributed by atoms with Crippen LogP contribution in [0.3, 0.4) is 0 Å². The van der Waals surface area contributed by atoms with Crippen LogP contribution in [-0.4, -0.2) is 61.0 Å². The van der Waals surface area contributed by atoms with Gasteiger partial charge in [0.25, 0.3) is 5.56 Å². The first kappa shape index (κ1) is 20.1. The second kappa shape index (κ2) is 8.14. The Hall–Kier alpha value is -2.68. The fourth-order valence-electron chi connectivity index (χ4n) is 3.17. The Morgan fingerprint density at radius 3 is 2.64 bits per heavy atom. The van der Waals surface area contributed by atoms with Crippen molar-refractivity contribution in [3.05, 3.63) is 34.9 Å². The van der Waals surface area contributed by atoms with E-state index in [1.54, 1.807) is 17.2 Å². The summed E-state index contributed by atoms with van der Waals surface area (Å²) in [7, 11) is 0. The predicted molar refractivity (Wildman–Crippen MR) is 103 cm³/mol. The number of amides is 1. The highest BCUT2D eigenvalue weighted by atomic mass is 16.6. The van der Waals surface area contributed by atoms with Gasteiger partial charge in [-0.25, -0.2) is 9.48 Å². The van der Waals surface area contributed by atoms with Gasteiger partial charge in [-0.1, -0.05) is 0 Å². The fourth-order valence-corrected chi connectivity index (χ4v) is 3.17. The Morgan fingerprint density at radius 2 is 2.00 bits per heavy atom. The van der Waals surface area contributed by atoms with Crippen LogP contribution in [0.1, 0.15) is 39.7 Å². The second-order valence-corrected chi connectivity index (χ2v) is 7.91. The molecule has 2 aromatic rings. The molecule has 0 unspecified atom stereocenters. The summed E-state index contributed by atoms with van der Waals surface area (Å²) < 4.78 is 8.57. The summed E-state index contributed by atoms with van der Waals surface area (Å²) in [5.74, 6) is 0. The molecule has 0 atom stereocenters. The smallest absolute Gasteiger partial charge is 0.410 e. The topological polar surface area (TPSA) is 102 Å². The van der Waals surface area contributed by atoms with Gasteiger partial charge in [-0.05, 0) is 39.7 Å². The molecule has 0 spiro atoms. The molecule has 1 saturated heterocycles. The maximum absolute atomic E-state index is 12.2. The third-order valence-electron chi connectivity index (χ3n) is 4.57. The van der Waals surface area contributed by atoms with Crippen LogP contribution in [0.25, 0.3) is 11.3 Å². The van der Waals surface area contributed by atoms with Crippen LogP contribution in [0.15, 0.2) is 29.3 Å². The highest BCUT2D eigenvalue weighted by Gasteiger charge is 2.28. The van der Waals surface area contributed by atoms with Crippen molar-refractivity contribution in [2.24, 2.45) is 0 Å². The average molecular weight is 389 g/mol. The molecule has 0 saturated carbocycles. The number of hydrogen-bond donors (Lipinski definition) is 1. The van der Waals surface area contributed by atoms with Gasteiger partial charge in [0.15, 0.2) is 0 Å². The van der Waals surface area contributed by atoms with Crippen molar-refractivity contribution < 1.29 is 14.6 Å². The van der Waals surface area contributed by atoms with E-state index in [9.17, 15) is 9.59 Å². The van der Waals surface area contributed by atoms with E-state index in [2.05, 4.69) is 10.2 Å². The Balaban J connectivity index is 1.65. The van der Waals surface area contributed by atoms with E-state index in [1.807, 2.05) is 31.6 Å². The summed E-state index contributed by atoms with van der Waals surface area (Å²) in [6.45, 7) is 6.83. The predicted octanol–water partition coefficient (Wildman–Crippen LogP) is 1.67. The van der Waals surface area contributed by atoms with E-state index in [1.165, 1.54) is 10.7 Å². The standard InChI is InChI=1S/C19H27N5O4/c1-19(2,3)28-18(27)22-8-6-15(7-9-22)24-13-14(12-20-24)16-4-5-17(26)23(21-16)10-11-25/h4-5,12-13,15,25H,6-11H2,1-3H3. The molecular weight excluding hydrogens is 362 g/mol. The molecule has 0 bridgehead atoms. The molecule has 2 aromatic heterocycles. The number of nitrogens with zero attached hydrogens (tertiary/aromatic N) is 5. The number of aliphatic hydroxyl groups excluding tert-OH is 1. The van der Waals surface area contributed by atoms with E-state index in [0.29, 0.717) is 18.8 Å². The highest BCUT2D eigenvalue weighted by Crippen LogP contribution is 2.25. The molecule has 0 radical (unpaired) electrons. The lowest BCUT2D eigenvalue weighted by Gasteiger charge is -2.33. The van der Waals surface area contributed by atoms with Crippen molar-refractivity contribution in [2.75, 3.05) is 19.7 Å². The molecule has 152 valence electrons. The van der Waals surface area contributed by atoms with E-state index in [4.69, 9.17) is 9.84 Å². The van der Waals surface area contributed by atoms with Crippen molar-refractivity contribution >= 4 is 6.09 Å². The van der Waals surface area contributed by atoms with Crippen LogP contribution >= 0.6 is 0 Å². The third kappa shape index (κ3) is 4.78. The second-order valence-electron chi connectivity index (χ2n) is 7.91. The number of carbonyl (C=O) groups excluding carboxylic acids is 1. The van der Waals surface area contributed by atoms with Gasteiger partial charge in [0, 0.05) is 30.9 Å². The van der Waals surface area contributed by atoms with E-state index in [-0.39, 0.29) is 30.8 Å². The average Bonchev–Trinajstić information content (AvgIpc) is 3.12. The zero-order valence-corrected chi connectivity index (χ0v) is 16.5. The van der Waals surface area contributed by atoms with Crippen LogP contribution in [0.2, 0.25) is 0 Å². The summed E-state index contributed by atoms with van der Waals surface area (Å²) in [4.78, 5) is 25.7. The van der Waals surface area contributed by atoms with Crippen LogP contribution in [0.4, 0.5) is 4.79 Å². The minimum Gasteiger partial charge on any atom is -0.444 e. The van der Waals surface area contributed by atoms with Crippen molar-refractivity contribution in [2.45, 2.75) is 51.8 Å². The Kier molecular flexibility index (Phi) is 5.83. The summed E-state index contributed by atoms with van der Waals surface area (Å²) in [6.07, 6.45) is 4.93. The minimum absolute atomic E-state index is 0.147. The van der Waals surface area contributed by atoms with Crippen molar-refractivity contribution in [1.82, 2.24) is 24.5 Å². The van der Waals surface area contributed by atoms with Gasteiger partial charge < -0.3 is 14.7 Å². The van der Waals surface area contributed by atoms with Gasteiger partial charge in [0.05, 0.1) is 31.1 Å². The number of ether oxygens (including phenoxy) is 1. The number of rotatable bonds is 4. The van der Waals surface area contributed by atoms with E-state index in [0.717, 1.165) is 18.4 Å². The Labute approximate surface area is 163 Å². The maximum Gasteiger partial charge on any atom is 0.410 e. The maximum atomic E-state index is 12.2.